The molecular weight excluding hydrogens is 344 g/mol. The lowest BCUT2D eigenvalue weighted by molar-refractivity contribution is 0.0570. The second kappa shape index (κ2) is 7.18. The minimum Gasteiger partial charge on any atom is -0.450 e. The molecule has 0 aromatic heterocycles. The van der Waals surface area contributed by atoms with Gasteiger partial charge in [0, 0.05) is 42.4 Å². The summed E-state index contributed by atoms with van der Waals surface area (Å²) in [5.41, 5.74) is 0.374. The maximum absolute atomic E-state index is 12.4. The van der Waals surface area contributed by atoms with Gasteiger partial charge in [0.2, 0.25) is 0 Å². The molecule has 1 heterocycles. The predicted octanol–water partition coefficient (Wildman–Crippen LogP) is 1.53. The van der Waals surface area contributed by atoms with Crippen LogP contribution in [0.15, 0.2) is 29.2 Å². The molecule has 0 bridgehead atoms. The molecule has 0 radical (unpaired) electrons. The van der Waals surface area contributed by atoms with Crippen LogP contribution in [0.2, 0.25) is 0 Å². The van der Waals surface area contributed by atoms with E-state index in [4.69, 9.17) is 15.4 Å². The summed E-state index contributed by atoms with van der Waals surface area (Å²) in [5.74, 6) is -0.216. The highest BCUT2D eigenvalue weighted by molar-refractivity contribution is 8.13. The number of benzene rings is 1. The molecule has 7 nitrogen and oxygen atoms in total. The van der Waals surface area contributed by atoms with Gasteiger partial charge in [-0.05, 0) is 31.2 Å². The Morgan fingerprint density at radius 2 is 1.61 bits per heavy atom. The van der Waals surface area contributed by atoms with Gasteiger partial charge in [0.1, 0.15) is 0 Å². The fourth-order valence-electron chi connectivity index (χ4n) is 2.25. The second-order valence-electron chi connectivity index (χ2n) is 4.94. The summed E-state index contributed by atoms with van der Waals surface area (Å²) >= 11 is 0. The van der Waals surface area contributed by atoms with E-state index in [9.17, 15) is 18.0 Å². The standard InChI is InChI=1S/C14H17ClN2O5S/c1-2-22-14(19)17-9-7-16(8-10-17)13(18)11-3-5-12(6-4-11)23(15,20)21/h3-6H,2,7-10H2,1H3. The van der Waals surface area contributed by atoms with Gasteiger partial charge in [-0.3, -0.25) is 4.79 Å². The third-order valence-electron chi connectivity index (χ3n) is 3.48. The Balaban J connectivity index is 1.98. The zero-order valence-corrected chi connectivity index (χ0v) is 14.1. The Bertz CT molecular complexity index is 682. The van der Waals surface area contributed by atoms with Crippen molar-refractivity contribution >= 4 is 31.7 Å². The number of amides is 2. The van der Waals surface area contributed by atoms with Crippen LogP contribution in [-0.2, 0) is 13.8 Å². The monoisotopic (exact) mass is 360 g/mol. The molecule has 2 amide bonds. The van der Waals surface area contributed by atoms with E-state index in [0.29, 0.717) is 38.3 Å². The third-order valence-corrected chi connectivity index (χ3v) is 4.85. The summed E-state index contributed by atoms with van der Waals surface area (Å²) in [5, 5.41) is 0. The van der Waals surface area contributed by atoms with Crippen LogP contribution in [0.5, 0.6) is 0 Å². The van der Waals surface area contributed by atoms with Gasteiger partial charge >= 0.3 is 6.09 Å². The number of hydrogen-bond acceptors (Lipinski definition) is 5. The van der Waals surface area contributed by atoms with Crippen LogP contribution in [0.4, 0.5) is 4.79 Å². The second-order valence-corrected chi connectivity index (χ2v) is 7.51. The Morgan fingerprint density at radius 3 is 2.09 bits per heavy atom. The molecule has 1 fully saturated rings. The Labute approximate surface area is 139 Å². The molecule has 1 aromatic carbocycles. The number of rotatable bonds is 3. The van der Waals surface area contributed by atoms with E-state index in [-0.39, 0.29) is 16.9 Å². The number of carbonyl (C=O) groups is 2. The lowest BCUT2D eigenvalue weighted by atomic mass is 10.2. The summed E-state index contributed by atoms with van der Waals surface area (Å²) in [6, 6.07) is 5.44. The van der Waals surface area contributed by atoms with Gasteiger partial charge in [-0.15, -0.1) is 0 Å². The van der Waals surface area contributed by atoms with Crippen molar-refractivity contribution in [2.24, 2.45) is 0 Å². The topological polar surface area (TPSA) is 84.0 Å². The molecule has 2 rings (SSSR count). The van der Waals surface area contributed by atoms with Crippen molar-refractivity contribution in [2.75, 3.05) is 32.8 Å². The Kier molecular flexibility index (Phi) is 5.48. The van der Waals surface area contributed by atoms with Crippen molar-refractivity contribution < 1.29 is 22.7 Å². The largest absolute Gasteiger partial charge is 0.450 e. The molecule has 0 atom stereocenters. The number of carbonyl (C=O) groups excluding carboxylic acids is 2. The Hall–Kier alpha value is -1.80. The average Bonchev–Trinajstić information content (AvgIpc) is 2.54. The molecule has 1 aromatic rings. The van der Waals surface area contributed by atoms with Gasteiger partial charge < -0.3 is 14.5 Å². The van der Waals surface area contributed by atoms with Gasteiger partial charge in [0.25, 0.3) is 15.0 Å². The van der Waals surface area contributed by atoms with Crippen molar-refractivity contribution in [3.05, 3.63) is 29.8 Å². The third kappa shape index (κ3) is 4.35. The van der Waals surface area contributed by atoms with Crippen molar-refractivity contribution in [3.63, 3.8) is 0 Å². The highest BCUT2D eigenvalue weighted by Gasteiger charge is 2.25. The Morgan fingerprint density at radius 1 is 1.09 bits per heavy atom. The summed E-state index contributed by atoms with van der Waals surface area (Å²) in [4.78, 5) is 27.1. The van der Waals surface area contributed by atoms with Crippen molar-refractivity contribution in [2.45, 2.75) is 11.8 Å². The number of halogens is 1. The van der Waals surface area contributed by atoms with Crippen LogP contribution in [0.25, 0.3) is 0 Å². The molecule has 23 heavy (non-hydrogen) atoms. The van der Waals surface area contributed by atoms with Gasteiger partial charge in [0.05, 0.1) is 11.5 Å². The molecule has 1 aliphatic heterocycles. The van der Waals surface area contributed by atoms with Crippen LogP contribution in [0.1, 0.15) is 17.3 Å². The van der Waals surface area contributed by atoms with E-state index >= 15 is 0 Å². The summed E-state index contributed by atoms with van der Waals surface area (Å²) in [6.07, 6.45) is -0.378. The minimum atomic E-state index is -3.80. The fraction of sp³-hybridized carbons (Fsp3) is 0.429. The van der Waals surface area contributed by atoms with Crippen LogP contribution < -0.4 is 0 Å². The number of hydrogen-bond donors (Lipinski definition) is 0. The minimum absolute atomic E-state index is 0.0529. The molecule has 1 aliphatic rings. The van der Waals surface area contributed by atoms with Crippen molar-refractivity contribution in [1.29, 1.82) is 0 Å². The zero-order chi connectivity index (χ0) is 17.0. The van der Waals surface area contributed by atoms with Crippen molar-refractivity contribution in [3.8, 4) is 0 Å². The summed E-state index contributed by atoms with van der Waals surface area (Å²) in [7, 11) is 1.43. The van der Waals surface area contributed by atoms with E-state index in [0.717, 1.165) is 0 Å². The molecule has 0 N–H and O–H groups in total. The lowest BCUT2D eigenvalue weighted by Gasteiger charge is -2.34. The molecule has 0 saturated carbocycles. The molecule has 0 unspecified atom stereocenters. The summed E-state index contributed by atoms with van der Waals surface area (Å²) in [6.45, 7) is 3.65. The lowest BCUT2D eigenvalue weighted by Crippen LogP contribution is -2.50. The normalized spacial score (nSPS) is 15.4. The highest BCUT2D eigenvalue weighted by Crippen LogP contribution is 2.17. The van der Waals surface area contributed by atoms with Gasteiger partial charge in [-0.1, -0.05) is 0 Å². The van der Waals surface area contributed by atoms with Crippen LogP contribution in [0, 0.1) is 0 Å². The van der Waals surface area contributed by atoms with Crippen LogP contribution in [-0.4, -0.2) is 63.0 Å². The number of ether oxygens (including phenoxy) is 1. The van der Waals surface area contributed by atoms with Gasteiger partial charge in [0.15, 0.2) is 0 Å². The van der Waals surface area contributed by atoms with E-state index in [1.807, 2.05) is 0 Å². The zero-order valence-electron chi connectivity index (χ0n) is 12.6. The first kappa shape index (κ1) is 17.6. The maximum Gasteiger partial charge on any atom is 0.409 e. The van der Waals surface area contributed by atoms with Gasteiger partial charge in [-0.2, -0.15) is 0 Å². The average molecular weight is 361 g/mol. The van der Waals surface area contributed by atoms with Crippen LogP contribution >= 0.6 is 10.7 Å². The smallest absolute Gasteiger partial charge is 0.409 e. The molecule has 0 aliphatic carbocycles. The van der Waals surface area contributed by atoms with Gasteiger partial charge in [-0.25, -0.2) is 13.2 Å². The first-order chi connectivity index (χ1) is 10.8. The maximum atomic E-state index is 12.4. The fourth-order valence-corrected chi connectivity index (χ4v) is 3.02. The van der Waals surface area contributed by atoms with E-state index in [1.54, 1.807) is 16.7 Å². The molecule has 126 valence electrons. The first-order valence-electron chi connectivity index (χ1n) is 7.08. The summed E-state index contributed by atoms with van der Waals surface area (Å²) < 4.78 is 27.3. The molecule has 9 heteroatoms. The molecule has 1 saturated heterocycles. The predicted molar refractivity (Wildman–Crippen MR) is 84.0 cm³/mol. The van der Waals surface area contributed by atoms with E-state index < -0.39 is 9.05 Å². The number of piperazine rings is 1. The van der Waals surface area contributed by atoms with Crippen LogP contribution in [0.3, 0.4) is 0 Å². The number of nitrogens with zero attached hydrogens (tertiary/aromatic N) is 2. The SMILES string of the molecule is CCOC(=O)N1CCN(C(=O)c2ccc(S(=O)(=O)Cl)cc2)CC1. The van der Waals surface area contributed by atoms with Crippen molar-refractivity contribution in [1.82, 2.24) is 9.80 Å². The van der Waals surface area contributed by atoms with E-state index in [2.05, 4.69) is 0 Å². The van der Waals surface area contributed by atoms with E-state index in [1.165, 1.54) is 24.3 Å². The highest BCUT2D eigenvalue weighted by atomic mass is 35.7. The quantitative estimate of drug-likeness (QED) is 0.763. The molecule has 0 spiro atoms. The first-order valence-corrected chi connectivity index (χ1v) is 9.39. The molecular formula is C14H17ClN2O5S.